The number of benzene rings is 1. The maximum absolute atomic E-state index is 13.5. The first-order chi connectivity index (χ1) is 12.7. The third-order valence-electron chi connectivity index (χ3n) is 6.00. The third-order valence-corrected chi connectivity index (χ3v) is 6.00. The second kappa shape index (κ2) is 6.23. The number of nitriles is 3. The standard InChI is InChI=1S/C21H20FN5/c1-13-8-17-16(9-23)19(26)21(10-24,11-25)18(20(17,2)12-27(13)3)14-4-6-15(22)7-5-14/h4-8,13,18H,12,26H2,1-3H3/t13-,18+,20-/m1/s1. The predicted octanol–water partition coefficient (Wildman–Crippen LogP) is 2.96. The van der Waals surface area contributed by atoms with E-state index in [0.717, 1.165) is 5.57 Å². The minimum absolute atomic E-state index is 0.0233. The number of nitrogens with zero attached hydrogens (tertiary/aromatic N) is 4. The van der Waals surface area contributed by atoms with E-state index in [1.165, 1.54) is 12.1 Å². The van der Waals surface area contributed by atoms with Crippen LogP contribution in [0.1, 0.15) is 25.3 Å². The van der Waals surface area contributed by atoms with E-state index in [-0.39, 0.29) is 17.3 Å². The Kier molecular flexibility index (Phi) is 4.31. The van der Waals surface area contributed by atoms with E-state index in [9.17, 15) is 20.2 Å². The molecule has 0 saturated carbocycles. The highest BCUT2D eigenvalue weighted by atomic mass is 19.1. The van der Waals surface area contributed by atoms with Crippen molar-refractivity contribution in [3.63, 3.8) is 0 Å². The fourth-order valence-electron chi connectivity index (χ4n) is 4.57. The molecule has 3 rings (SSSR count). The fourth-order valence-corrected chi connectivity index (χ4v) is 4.57. The first-order valence-electron chi connectivity index (χ1n) is 8.66. The maximum Gasteiger partial charge on any atom is 0.191 e. The molecule has 6 heteroatoms. The zero-order valence-electron chi connectivity index (χ0n) is 15.5. The quantitative estimate of drug-likeness (QED) is 0.829. The second-order valence-corrected chi connectivity index (χ2v) is 7.57. The second-order valence-electron chi connectivity index (χ2n) is 7.57. The average Bonchev–Trinajstić information content (AvgIpc) is 2.65. The monoisotopic (exact) mass is 361 g/mol. The number of hydrogen-bond donors (Lipinski definition) is 1. The van der Waals surface area contributed by atoms with Crippen molar-refractivity contribution in [1.82, 2.24) is 4.90 Å². The first-order valence-corrected chi connectivity index (χ1v) is 8.66. The van der Waals surface area contributed by atoms with Crippen molar-refractivity contribution in [2.24, 2.45) is 16.6 Å². The number of halogens is 1. The van der Waals surface area contributed by atoms with Crippen molar-refractivity contribution in [1.29, 1.82) is 15.8 Å². The van der Waals surface area contributed by atoms with Crippen LogP contribution in [-0.4, -0.2) is 24.5 Å². The highest BCUT2D eigenvalue weighted by molar-refractivity contribution is 5.61. The Bertz CT molecular complexity index is 956. The molecule has 136 valence electrons. The zero-order valence-corrected chi connectivity index (χ0v) is 15.5. The number of hydrogen-bond acceptors (Lipinski definition) is 5. The van der Waals surface area contributed by atoms with E-state index in [4.69, 9.17) is 5.73 Å². The molecule has 1 aliphatic carbocycles. The lowest BCUT2D eigenvalue weighted by atomic mass is 9.51. The summed E-state index contributed by atoms with van der Waals surface area (Å²) in [5.74, 6) is -1.04. The molecule has 1 aliphatic heterocycles. The molecular weight excluding hydrogens is 341 g/mol. The van der Waals surface area contributed by atoms with Gasteiger partial charge in [0.15, 0.2) is 5.41 Å². The Hall–Kier alpha value is -3.14. The lowest BCUT2D eigenvalue weighted by Gasteiger charge is -2.53. The Morgan fingerprint density at radius 3 is 2.30 bits per heavy atom. The normalized spacial score (nSPS) is 29.7. The minimum Gasteiger partial charge on any atom is -0.399 e. The topological polar surface area (TPSA) is 101 Å². The van der Waals surface area contributed by atoms with Gasteiger partial charge >= 0.3 is 0 Å². The summed E-state index contributed by atoms with van der Waals surface area (Å²) in [5.41, 5.74) is 5.44. The molecule has 2 N–H and O–H groups in total. The molecule has 27 heavy (non-hydrogen) atoms. The molecule has 0 aromatic heterocycles. The third kappa shape index (κ3) is 2.44. The van der Waals surface area contributed by atoms with Gasteiger partial charge in [-0.15, -0.1) is 0 Å². The van der Waals surface area contributed by atoms with Gasteiger partial charge in [0.1, 0.15) is 11.9 Å². The Labute approximate surface area is 158 Å². The van der Waals surface area contributed by atoms with Gasteiger partial charge in [-0.25, -0.2) is 4.39 Å². The molecule has 2 aliphatic rings. The van der Waals surface area contributed by atoms with Gasteiger partial charge in [0.25, 0.3) is 0 Å². The Morgan fingerprint density at radius 2 is 1.78 bits per heavy atom. The Balaban J connectivity index is 2.42. The molecule has 1 aromatic rings. The van der Waals surface area contributed by atoms with Crippen LogP contribution in [0, 0.1) is 50.6 Å². The van der Waals surface area contributed by atoms with Crippen LogP contribution in [0.15, 0.2) is 47.2 Å². The van der Waals surface area contributed by atoms with Gasteiger partial charge in [-0.1, -0.05) is 25.1 Å². The van der Waals surface area contributed by atoms with Crippen LogP contribution in [0.5, 0.6) is 0 Å². The van der Waals surface area contributed by atoms with E-state index < -0.39 is 22.6 Å². The van der Waals surface area contributed by atoms with Gasteiger partial charge in [-0.05, 0) is 37.2 Å². The number of nitrogens with two attached hydrogens (primary N) is 1. The molecular formula is C21H20FN5. The molecule has 0 spiro atoms. The molecule has 3 atom stereocenters. The number of allylic oxidation sites excluding steroid dienone is 2. The number of rotatable bonds is 1. The zero-order chi connectivity index (χ0) is 20.0. The molecule has 0 saturated heterocycles. The first kappa shape index (κ1) is 18.6. The van der Waals surface area contributed by atoms with Gasteiger partial charge in [0.2, 0.25) is 0 Å². The molecule has 1 heterocycles. The van der Waals surface area contributed by atoms with E-state index in [0.29, 0.717) is 12.1 Å². The van der Waals surface area contributed by atoms with Crippen molar-refractivity contribution in [2.75, 3.05) is 13.6 Å². The van der Waals surface area contributed by atoms with Crippen LogP contribution in [0.4, 0.5) is 4.39 Å². The van der Waals surface area contributed by atoms with Crippen LogP contribution in [0.2, 0.25) is 0 Å². The van der Waals surface area contributed by atoms with Gasteiger partial charge in [-0.2, -0.15) is 15.8 Å². The largest absolute Gasteiger partial charge is 0.399 e. The summed E-state index contributed by atoms with van der Waals surface area (Å²) in [6.45, 7) is 4.50. The maximum atomic E-state index is 13.5. The van der Waals surface area contributed by atoms with Crippen LogP contribution >= 0.6 is 0 Å². The van der Waals surface area contributed by atoms with E-state index in [2.05, 4.69) is 23.1 Å². The smallest absolute Gasteiger partial charge is 0.191 e. The molecule has 0 unspecified atom stereocenters. The summed E-state index contributed by atoms with van der Waals surface area (Å²) in [5, 5.41) is 29.8. The predicted molar refractivity (Wildman–Crippen MR) is 97.9 cm³/mol. The summed E-state index contributed by atoms with van der Waals surface area (Å²) >= 11 is 0. The van der Waals surface area contributed by atoms with Crippen molar-refractivity contribution < 1.29 is 4.39 Å². The molecule has 0 fully saturated rings. The lowest BCUT2D eigenvalue weighted by Crippen LogP contribution is -2.54. The Morgan fingerprint density at radius 1 is 1.19 bits per heavy atom. The number of fused-ring (bicyclic) bond motifs is 1. The van der Waals surface area contributed by atoms with Crippen LogP contribution < -0.4 is 5.73 Å². The SMILES string of the molecule is C[C@@H]1C=C2C(C#N)=C(N)C(C#N)(C#N)[C@@H](c3ccc(F)cc3)[C@]2(C)CN1C. The van der Waals surface area contributed by atoms with Crippen molar-refractivity contribution >= 4 is 0 Å². The molecule has 0 bridgehead atoms. The van der Waals surface area contributed by atoms with Crippen molar-refractivity contribution in [3.05, 3.63) is 58.6 Å². The molecule has 1 aromatic carbocycles. The van der Waals surface area contributed by atoms with Gasteiger partial charge in [0.05, 0.1) is 23.4 Å². The van der Waals surface area contributed by atoms with Gasteiger partial charge < -0.3 is 5.73 Å². The summed E-state index contributed by atoms with van der Waals surface area (Å²) in [4.78, 5) is 2.11. The highest BCUT2D eigenvalue weighted by Gasteiger charge is 2.60. The minimum atomic E-state index is -1.71. The fraction of sp³-hybridized carbons (Fsp3) is 0.381. The molecule has 0 amide bonds. The molecule has 5 nitrogen and oxygen atoms in total. The van der Waals surface area contributed by atoms with Crippen LogP contribution in [-0.2, 0) is 0 Å². The summed E-state index contributed by atoms with van der Waals surface area (Å²) < 4.78 is 13.5. The lowest BCUT2D eigenvalue weighted by molar-refractivity contribution is 0.124. The van der Waals surface area contributed by atoms with E-state index in [1.54, 1.807) is 12.1 Å². The summed E-state index contributed by atoms with van der Waals surface area (Å²) in [7, 11) is 1.96. The van der Waals surface area contributed by atoms with Crippen molar-refractivity contribution in [3.8, 4) is 18.2 Å². The van der Waals surface area contributed by atoms with Crippen LogP contribution in [0.3, 0.4) is 0 Å². The van der Waals surface area contributed by atoms with E-state index >= 15 is 0 Å². The summed E-state index contributed by atoms with van der Waals surface area (Å²) in [6.07, 6.45) is 1.98. The van der Waals surface area contributed by atoms with Crippen molar-refractivity contribution in [2.45, 2.75) is 25.8 Å². The van der Waals surface area contributed by atoms with Gasteiger partial charge in [-0.3, -0.25) is 4.90 Å². The highest BCUT2D eigenvalue weighted by Crippen LogP contribution is 2.60. The average molecular weight is 361 g/mol. The summed E-state index contributed by atoms with van der Waals surface area (Å²) in [6, 6.07) is 12.2. The van der Waals surface area contributed by atoms with E-state index in [1.807, 2.05) is 27.0 Å². The number of likely N-dealkylation sites (N-methyl/N-ethyl adjacent to an activating group) is 1. The van der Waals surface area contributed by atoms with Crippen LogP contribution in [0.25, 0.3) is 0 Å². The molecule has 0 radical (unpaired) electrons. The van der Waals surface area contributed by atoms with Gasteiger partial charge in [0, 0.05) is 23.9 Å².